The lowest BCUT2D eigenvalue weighted by Gasteiger charge is -2.28. The number of hydrogen-bond donors (Lipinski definition) is 1. The van der Waals surface area contributed by atoms with Crippen molar-refractivity contribution in [1.82, 2.24) is 5.32 Å². The number of nitrogens with one attached hydrogen (secondary N) is 1. The maximum absolute atomic E-state index is 13.3. The summed E-state index contributed by atoms with van der Waals surface area (Å²) in [4.78, 5) is 30.9. The number of ether oxygens (including phenoxy) is 1. The standard InChI is InChI=1S/C24H31F3N2O4/c1-14(2)33-29-20-10-7-16(4)32-22(31)15(3)11-17-12-18(24(25,26)27)8-9-19(17)21(30)28-13-23(20,5)6/h8-9,12,14,16H,3,7,10-11,13H2,1-2,4-6H3,(H,28,30)/b29-20+. The molecule has 2 rings (SSSR count). The van der Waals surface area contributed by atoms with Crippen molar-refractivity contribution in [1.29, 1.82) is 0 Å². The molecule has 1 N–H and O–H groups in total. The van der Waals surface area contributed by atoms with Crippen molar-refractivity contribution in [3.63, 3.8) is 0 Å². The van der Waals surface area contributed by atoms with Crippen LogP contribution in [-0.2, 0) is 27.0 Å². The molecule has 1 amide bonds. The summed E-state index contributed by atoms with van der Waals surface area (Å²) in [7, 11) is 0. The van der Waals surface area contributed by atoms with E-state index in [0.29, 0.717) is 18.6 Å². The number of nitrogens with zero attached hydrogens (tertiary/aromatic N) is 1. The van der Waals surface area contributed by atoms with Gasteiger partial charge >= 0.3 is 12.1 Å². The SMILES string of the molecule is C=C1Cc2cc(C(F)(F)F)ccc2C(=O)NCC(C)(C)/C(=N/OC(C)C)CCC(C)OC1=O. The summed E-state index contributed by atoms with van der Waals surface area (Å²) in [6.07, 6.45) is -4.55. The van der Waals surface area contributed by atoms with Crippen LogP contribution < -0.4 is 5.32 Å². The molecule has 0 radical (unpaired) electrons. The van der Waals surface area contributed by atoms with Gasteiger partial charge in [0.05, 0.1) is 17.4 Å². The topological polar surface area (TPSA) is 77.0 Å². The largest absolute Gasteiger partial charge is 0.459 e. The maximum Gasteiger partial charge on any atom is 0.416 e. The number of oxime groups is 1. The molecule has 0 spiro atoms. The number of esters is 1. The molecule has 0 fully saturated rings. The molecule has 0 saturated heterocycles. The Bertz CT molecular complexity index is 936. The molecule has 0 bridgehead atoms. The number of fused-ring (bicyclic) bond motifs is 1. The van der Waals surface area contributed by atoms with Crippen molar-refractivity contribution in [3.8, 4) is 0 Å². The Morgan fingerprint density at radius 2 is 1.94 bits per heavy atom. The number of cyclic esters (lactones) is 1. The highest BCUT2D eigenvalue weighted by atomic mass is 19.4. The first-order valence-electron chi connectivity index (χ1n) is 10.8. The molecular formula is C24H31F3N2O4. The highest BCUT2D eigenvalue weighted by molar-refractivity contribution is 5.97. The average molecular weight is 469 g/mol. The summed E-state index contributed by atoms with van der Waals surface area (Å²) in [5.41, 5.74) is -0.815. The molecule has 1 aromatic carbocycles. The molecule has 0 saturated carbocycles. The average Bonchev–Trinajstić information content (AvgIpc) is 2.70. The van der Waals surface area contributed by atoms with E-state index in [1.165, 1.54) is 0 Å². The second-order valence-corrected chi connectivity index (χ2v) is 9.16. The second-order valence-electron chi connectivity index (χ2n) is 9.16. The first-order chi connectivity index (χ1) is 15.2. The molecule has 1 aromatic rings. The van der Waals surface area contributed by atoms with Crippen LogP contribution in [0.25, 0.3) is 0 Å². The summed E-state index contributed by atoms with van der Waals surface area (Å²) in [5.74, 6) is -1.28. The Morgan fingerprint density at radius 1 is 1.27 bits per heavy atom. The Labute approximate surface area is 192 Å². The van der Waals surface area contributed by atoms with Gasteiger partial charge in [-0.15, -0.1) is 0 Å². The van der Waals surface area contributed by atoms with Gasteiger partial charge in [0.25, 0.3) is 5.91 Å². The first kappa shape index (κ1) is 26.4. The number of rotatable bonds is 2. The van der Waals surface area contributed by atoms with Gasteiger partial charge in [0.1, 0.15) is 6.10 Å². The van der Waals surface area contributed by atoms with E-state index in [2.05, 4.69) is 17.1 Å². The fourth-order valence-corrected chi connectivity index (χ4v) is 3.28. The fourth-order valence-electron chi connectivity index (χ4n) is 3.28. The zero-order valence-electron chi connectivity index (χ0n) is 19.6. The van der Waals surface area contributed by atoms with Gasteiger partial charge in [-0.2, -0.15) is 13.2 Å². The van der Waals surface area contributed by atoms with Crippen molar-refractivity contribution in [2.75, 3.05) is 6.54 Å². The van der Waals surface area contributed by atoms with Crippen LogP contribution in [-0.4, -0.2) is 36.3 Å². The first-order valence-corrected chi connectivity index (χ1v) is 10.8. The zero-order valence-corrected chi connectivity index (χ0v) is 19.6. The zero-order chi connectivity index (χ0) is 25.0. The Balaban J connectivity index is 2.48. The molecule has 0 aromatic heterocycles. The Hall–Kier alpha value is -2.84. The number of carbonyl (C=O) groups excluding carboxylic acids is 2. The molecule has 1 aliphatic rings. The van der Waals surface area contributed by atoms with E-state index in [-0.39, 0.29) is 35.8 Å². The summed E-state index contributed by atoms with van der Waals surface area (Å²) >= 11 is 0. The molecule has 9 heteroatoms. The monoisotopic (exact) mass is 468 g/mol. The summed E-state index contributed by atoms with van der Waals surface area (Å²) in [6, 6.07) is 2.83. The quantitative estimate of drug-likeness (QED) is 0.374. The van der Waals surface area contributed by atoms with Crippen LogP contribution in [0.15, 0.2) is 35.5 Å². The van der Waals surface area contributed by atoms with Crippen LogP contribution in [0.2, 0.25) is 0 Å². The lowest BCUT2D eigenvalue weighted by molar-refractivity contribution is -0.143. The van der Waals surface area contributed by atoms with E-state index < -0.39 is 35.1 Å². The molecule has 6 nitrogen and oxygen atoms in total. The third kappa shape index (κ3) is 7.33. The van der Waals surface area contributed by atoms with Crippen LogP contribution in [0.4, 0.5) is 13.2 Å². The highest BCUT2D eigenvalue weighted by Crippen LogP contribution is 2.31. The predicted molar refractivity (Wildman–Crippen MR) is 119 cm³/mol. The molecule has 1 unspecified atom stereocenters. The molecule has 1 atom stereocenters. The number of benzene rings is 1. The van der Waals surface area contributed by atoms with E-state index in [4.69, 9.17) is 9.57 Å². The van der Waals surface area contributed by atoms with Crippen LogP contribution in [0.5, 0.6) is 0 Å². The van der Waals surface area contributed by atoms with E-state index in [1.54, 1.807) is 6.92 Å². The van der Waals surface area contributed by atoms with Crippen LogP contribution in [0.3, 0.4) is 0 Å². The van der Waals surface area contributed by atoms with Crippen molar-refractivity contribution in [2.45, 2.75) is 72.3 Å². The van der Waals surface area contributed by atoms with Crippen molar-refractivity contribution >= 4 is 17.6 Å². The van der Waals surface area contributed by atoms with Gasteiger partial charge in [-0.1, -0.05) is 25.6 Å². The smallest absolute Gasteiger partial charge is 0.416 e. The van der Waals surface area contributed by atoms with Crippen LogP contribution in [0, 0.1) is 5.41 Å². The molecule has 1 aliphatic heterocycles. The number of carbonyl (C=O) groups is 2. The lowest BCUT2D eigenvalue weighted by atomic mass is 9.84. The third-order valence-corrected chi connectivity index (χ3v) is 5.31. The molecule has 1 heterocycles. The molecule has 182 valence electrons. The van der Waals surface area contributed by atoms with Crippen molar-refractivity contribution in [3.05, 3.63) is 47.0 Å². The maximum atomic E-state index is 13.3. The van der Waals surface area contributed by atoms with Gasteiger partial charge in [0, 0.05) is 29.5 Å². The van der Waals surface area contributed by atoms with Crippen LogP contribution in [0.1, 0.15) is 68.9 Å². The fraction of sp³-hybridized carbons (Fsp3) is 0.542. The summed E-state index contributed by atoms with van der Waals surface area (Å²) in [6.45, 7) is 13.0. The van der Waals surface area contributed by atoms with Gasteiger partial charge in [0.15, 0.2) is 0 Å². The third-order valence-electron chi connectivity index (χ3n) is 5.31. The summed E-state index contributed by atoms with van der Waals surface area (Å²) < 4.78 is 45.2. The van der Waals surface area contributed by atoms with E-state index >= 15 is 0 Å². The lowest BCUT2D eigenvalue weighted by Crippen LogP contribution is -2.40. The van der Waals surface area contributed by atoms with Gasteiger partial charge < -0.3 is 14.9 Å². The Morgan fingerprint density at radius 3 is 2.55 bits per heavy atom. The highest BCUT2D eigenvalue weighted by Gasteiger charge is 2.33. The van der Waals surface area contributed by atoms with Gasteiger partial charge in [0.2, 0.25) is 0 Å². The number of alkyl halides is 3. The predicted octanol–water partition coefficient (Wildman–Crippen LogP) is 5.07. The van der Waals surface area contributed by atoms with E-state index in [9.17, 15) is 22.8 Å². The van der Waals surface area contributed by atoms with Gasteiger partial charge in [-0.25, -0.2) is 4.79 Å². The second kappa shape index (κ2) is 10.4. The minimum atomic E-state index is -4.59. The number of halogens is 3. The van der Waals surface area contributed by atoms with Gasteiger partial charge in [-0.3, -0.25) is 4.79 Å². The minimum absolute atomic E-state index is 0.0368. The van der Waals surface area contributed by atoms with Crippen molar-refractivity contribution in [2.24, 2.45) is 10.6 Å². The van der Waals surface area contributed by atoms with Crippen LogP contribution >= 0.6 is 0 Å². The van der Waals surface area contributed by atoms with E-state index in [0.717, 1.165) is 18.2 Å². The molecule has 0 aliphatic carbocycles. The normalized spacial score (nSPS) is 21.8. The Kier molecular flexibility index (Phi) is 8.32. The van der Waals surface area contributed by atoms with Gasteiger partial charge in [-0.05, 0) is 57.4 Å². The number of amides is 1. The minimum Gasteiger partial charge on any atom is -0.459 e. The number of hydrogen-bond acceptors (Lipinski definition) is 5. The molecular weight excluding hydrogens is 437 g/mol. The molecule has 33 heavy (non-hydrogen) atoms. The summed E-state index contributed by atoms with van der Waals surface area (Å²) in [5, 5.41) is 7.06. The van der Waals surface area contributed by atoms with Crippen molar-refractivity contribution < 1.29 is 32.3 Å². The van der Waals surface area contributed by atoms with E-state index in [1.807, 2.05) is 27.7 Å².